The topological polar surface area (TPSA) is 146 Å². The number of fused-ring (bicyclic) bond motifs is 1. The molecule has 0 spiro atoms. The number of halogens is 1. The monoisotopic (exact) mass is 642 g/mol. The van der Waals surface area contributed by atoms with Crippen molar-refractivity contribution in [1.82, 2.24) is 15.5 Å². The molecule has 3 aliphatic heterocycles. The third-order valence-electron chi connectivity index (χ3n) is 7.50. The molecule has 0 saturated carbocycles. The van der Waals surface area contributed by atoms with Crippen LogP contribution < -0.4 is 16.0 Å². The van der Waals surface area contributed by atoms with Gasteiger partial charge in [-0.3, -0.25) is 19.7 Å². The van der Waals surface area contributed by atoms with Crippen molar-refractivity contribution >= 4 is 35.8 Å². The van der Waals surface area contributed by atoms with E-state index in [1.54, 1.807) is 11.0 Å². The highest BCUT2D eigenvalue weighted by Crippen LogP contribution is 2.32. The smallest absolute Gasteiger partial charge is 0.255 e. The first-order valence-electron chi connectivity index (χ1n) is 15.3. The van der Waals surface area contributed by atoms with Crippen LogP contribution in [0.15, 0.2) is 18.2 Å². The highest BCUT2D eigenvalue weighted by molar-refractivity contribution is 6.06. The van der Waals surface area contributed by atoms with Crippen molar-refractivity contribution in [2.75, 3.05) is 97.6 Å². The lowest BCUT2D eigenvalue weighted by Gasteiger charge is -2.29. The normalized spacial score (nSPS) is 18.7. The molecule has 1 aromatic carbocycles. The van der Waals surface area contributed by atoms with E-state index in [1.807, 2.05) is 12.1 Å². The van der Waals surface area contributed by atoms with Crippen molar-refractivity contribution in [3.8, 4) is 0 Å². The molecule has 13 nitrogen and oxygen atoms in total. The van der Waals surface area contributed by atoms with Crippen LogP contribution in [0, 0.1) is 0 Å². The molecule has 44 heavy (non-hydrogen) atoms. The van der Waals surface area contributed by atoms with Crippen molar-refractivity contribution in [3.63, 3.8) is 0 Å². The van der Waals surface area contributed by atoms with Gasteiger partial charge in [0.15, 0.2) is 0 Å². The Hall–Kier alpha value is -2.36. The van der Waals surface area contributed by atoms with Gasteiger partial charge < -0.3 is 44.0 Å². The predicted octanol–water partition coefficient (Wildman–Crippen LogP) is 1.13. The van der Waals surface area contributed by atoms with Crippen molar-refractivity contribution in [1.29, 1.82) is 0 Å². The Kier molecular flexibility index (Phi) is 16.9. The first kappa shape index (κ1) is 36.1. The van der Waals surface area contributed by atoms with Crippen molar-refractivity contribution in [2.45, 2.75) is 44.4 Å². The Morgan fingerprint density at radius 2 is 1.36 bits per heavy atom. The number of rotatable bonds is 21. The largest absolute Gasteiger partial charge is 0.382 e. The quantitative estimate of drug-likeness (QED) is 0.131. The number of nitrogens with one attached hydrogen (secondary N) is 3. The summed E-state index contributed by atoms with van der Waals surface area (Å²) in [5.74, 6) is -0.896. The van der Waals surface area contributed by atoms with Crippen LogP contribution in [0.25, 0.3) is 0 Å². The van der Waals surface area contributed by atoms with Crippen LogP contribution in [0.5, 0.6) is 0 Å². The number of anilines is 1. The zero-order valence-corrected chi connectivity index (χ0v) is 26.2. The second-order valence-electron chi connectivity index (χ2n) is 10.5. The van der Waals surface area contributed by atoms with Crippen molar-refractivity contribution in [2.24, 2.45) is 0 Å². The van der Waals surface area contributed by atoms with Crippen LogP contribution in [0.3, 0.4) is 0 Å². The SMILES string of the molecule is Cl.O=C1CCC(N2Cc3c(NCCOCCOCCOCCOCCOCCOC4CCNCC4)cccc3C2=O)C(=O)N1. The summed E-state index contributed by atoms with van der Waals surface area (Å²) >= 11 is 0. The van der Waals surface area contributed by atoms with Crippen LogP contribution in [-0.2, 0) is 44.6 Å². The third-order valence-corrected chi connectivity index (χ3v) is 7.50. The summed E-state index contributed by atoms with van der Waals surface area (Å²) in [5, 5.41) is 8.98. The average molecular weight is 643 g/mol. The van der Waals surface area contributed by atoms with Gasteiger partial charge in [0, 0.05) is 36.3 Å². The molecular weight excluding hydrogens is 596 g/mol. The maximum Gasteiger partial charge on any atom is 0.255 e. The highest BCUT2D eigenvalue weighted by atomic mass is 35.5. The van der Waals surface area contributed by atoms with E-state index in [9.17, 15) is 14.4 Å². The minimum Gasteiger partial charge on any atom is -0.382 e. The number of piperidine rings is 2. The standard InChI is InChI=1S/C30H46N4O9.ClH/c35-28-5-4-27(29(36)33-28)34-22-25-24(30(34)37)2-1-3-26(25)32-10-11-38-12-13-39-14-15-40-16-17-41-18-19-42-20-21-43-23-6-8-31-9-7-23;/h1-3,23,27,31-32H,4-22H2,(H,33,35,36);1H. The molecule has 3 amide bonds. The summed E-state index contributed by atoms with van der Waals surface area (Å²) in [7, 11) is 0. The van der Waals surface area contributed by atoms with Gasteiger partial charge in [-0.1, -0.05) is 6.07 Å². The lowest BCUT2D eigenvalue weighted by Crippen LogP contribution is -2.52. The summed E-state index contributed by atoms with van der Waals surface area (Å²) in [6, 6.07) is 4.87. The fourth-order valence-corrected chi connectivity index (χ4v) is 5.23. The molecule has 2 fully saturated rings. The first-order chi connectivity index (χ1) is 21.1. The van der Waals surface area contributed by atoms with Gasteiger partial charge in [0.25, 0.3) is 5.91 Å². The minimum atomic E-state index is -0.627. The molecule has 0 aromatic heterocycles. The van der Waals surface area contributed by atoms with E-state index < -0.39 is 11.9 Å². The van der Waals surface area contributed by atoms with Gasteiger partial charge in [-0.05, 0) is 44.5 Å². The predicted molar refractivity (Wildman–Crippen MR) is 164 cm³/mol. The Bertz CT molecular complexity index is 1030. The molecule has 3 heterocycles. The highest BCUT2D eigenvalue weighted by Gasteiger charge is 2.39. The number of imide groups is 1. The van der Waals surface area contributed by atoms with E-state index in [0.29, 0.717) is 104 Å². The van der Waals surface area contributed by atoms with Gasteiger partial charge in [-0.25, -0.2) is 0 Å². The van der Waals surface area contributed by atoms with Gasteiger partial charge >= 0.3 is 0 Å². The fraction of sp³-hybridized carbons (Fsp3) is 0.700. The molecule has 248 valence electrons. The number of carbonyl (C=O) groups is 3. The molecule has 3 aliphatic rings. The lowest BCUT2D eigenvalue weighted by atomic mass is 10.0. The number of hydrogen-bond donors (Lipinski definition) is 3. The van der Waals surface area contributed by atoms with Crippen LogP contribution in [0.1, 0.15) is 41.6 Å². The Balaban J connectivity index is 0.00000529. The van der Waals surface area contributed by atoms with Gasteiger partial charge in [-0.15, -0.1) is 12.4 Å². The number of amides is 3. The summed E-state index contributed by atoms with van der Waals surface area (Å²) in [6.45, 7) is 8.63. The number of nitrogens with zero attached hydrogens (tertiary/aromatic N) is 1. The van der Waals surface area contributed by atoms with Gasteiger partial charge in [-0.2, -0.15) is 0 Å². The second-order valence-corrected chi connectivity index (χ2v) is 10.5. The molecule has 1 atom stereocenters. The summed E-state index contributed by atoms with van der Waals surface area (Å²) in [6.07, 6.45) is 3.07. The van der Waals surface area contributed by atoms with E-state index in [2.05, 4.69) is 16.0 Å². The van der Waals surface area contributed by atoms with E-state index >= 15 is 0 Å². The van der Waals surface area contributed by atoms with Gasteiger partial charge in [0.1, 0.15) is 6.04 Å². The van der Waals surface area contributed by atoms with Crippen LogP contribution in [-0.4, -0.2) is 127 Å². The number of benzene rings is 1. The van der Waals surface area contributed by atoms with Crippen molar-refractivity contribution in [3.05, 3.63) is 29.3 Å². The number of hydrogen-bond acceptors (Lipinski definition) is 11. The Morgan fingerprint density at radius 3 is 1.98 bits per heavy atom. The average Bonchev–Trinajstić information content (AvgIpc) is 3.35. The Labute approximate surface area is 265 Å². The molecule has 0 bridgehead atoms. The fourth-order valence-electron chi connectivity index (χ4n) is 5.23. The minimum absolute atomic E-state index is 0. The molecule has 0 aliphatic carbocycles. The Morgan fingerprint density at radius 1 is 0.773 bits per heavy atom. The zero-order valence-electron chi connectivity index (χ0n) is 25.4. The number of ether oxygens (including phenoxy) is 6. The van der Waals surface area contributed by atoms with E-state index in [0.717, 1.165) is 37.2 Å². The van der Waals surface area contributed by atoms with E-state index in [4.69, 9.17) is 28.4 Å². The zero-order chi connectivity index (χ0) is 30.1. The van der Waals surface area contributed by atoms with Crippen molar-refractivity contribution < 1.29 is 42.8 Å². The molecule has 3 N–H and O–H groups in total. The summed E-state index contributed by atoms with van der Waals surface area (Å²) in [5.41, 5.74) is 2.27. The summed E-state index contributed by atoms with van der Waals surface area (Å²) in [4.78, 5) is 38.2. The second kappa shape index (κ2) is 20.6. The first-order valence-corrected chi connectivity index (χ1v) is 15.3. The molecule has 1 unspecified atom stereocenters. The molecular formula is C30H47ClN4O9. The lowest BCUT2D eigenvalue weighted by molar-refractivity contribution is -0.136. The van der Waals surface area contributed by atoms with Crippen LogP contribution in [0.2, 0.25) is 0 Å². The number of carbonyl (C=O) groups excluding carboxylic acids is 3. The maximum absolute atomic E-state index is 12.9. The molecule has 14 heteroatoms. The van der Waals surface area contributed by atoms with Gasteiger partial charge in [0.2, 0.25) is 11.8 Å². The summed E-state index contributed by atoms with van der Waals surface area (Å²) < 4.78 is 33.5. The maximum atomic E-state index is 12.9. The van der Waals surface area contributed by atoms with E-state index in [1.165, 1.54) is 0 Å². The van der Waals surface area contributed by atoms with Crippen LogP contribution in [0.4, 0.5) is 5.69 Å². The molecule has 2 saturated heterocycles. The van der Waals surface area contributed by atoms with Gasteiger partial charge in [0.05, 0.1) is 78.8 Å². The van der Waals surface area contributed by atoms with Crippen LogP contribution >= 0.6 is 12.4 Å². The molecule has 4 rings (SSSR count). The molecule has 0 radical (unpaired) electrons. The van der Waals surface area contributed by atoms with E-state index in [-0.39, 0.29) is 30.6 Å². The third kappa shape index (κ3) is 11.9. The molecule has 1 aromatic rings.